The summed E-state index contributed by atoms with van der Waals surface area (Å²) in [5.74, 6) is 0.707. The maximum atomic E-state index is 9.76. The molecule has 0 fully saturated rings. The van der Waals surface area contributed by atoms with E-state index < -0.39 is 6.10 Å². The van der Waals surface area contributed by atoms with Crippen molar-refractivity contribution in [2.45, 2.75) is 19.6 Å². The van der Waals surface area contributed by atoms with Gasteiger partial charge in [0.2, 0.25) is 0 Å². The number of aliphatic hydroxyl groups is 1. The highest BCUT2D eigenvalue weighted by atomic mass is 79.9. The zero-order chi connectivity index (χ0) is 13.8. The predicted octanol–water partition coefficient (Wildman–Crippen LogP) is 4.84. The Morgan fingerprint density at radius 1 is 1.11 bits per heavy atom. The van der Waals surface area contributed by atoms with Crippen LogP contribution in [0, 0.1) is 0 Å². The van der Waals surface area contributed by atoms with Crippen LogP contribution in [0.1, 0.15) is 24.2 Å². The number of hydrogen-bond acceptors (Lipinski definition) is 2. The molecule has 0 saturated heterocycles. The number of halogens is 2. The minimum atomic E-state index is -0.560. The molecule has 0 bridgehead atoms. The third-order valence-electron chi connectivity index (χ3n) is 2.71. The van der Waals surface area contributed by atoms with Crippen LogP contribution >= 0.6 is 31.9 Å². The number of rotatable bonds is 4. The van der Waals surface area contributed by atoms with E-state index in [1.165, 1.54) is 0 Å². The Hall–Kier alpha value is -0.840. The molecule has 100 valence electrons. The molecule has 2 aromatic carbocycles. The second-order valence-corrected chi connectivity index (χ2v) is 6.11. The topological polar surface area (TPSA) is 29.5 Å². The van der Waals surface area contributed by atoms with Gasteiger partial charge in [0.1, 0.15) is 12.4 Å². The minimum Gasteiger partial charge on any atom is -0.489 e. The van der Waals surface area contributed by atoms with Gasteiger partial charge in [0, 0.05) is 14.5 Å². The monoisotopic (exact) mass is 384 g/mol. The molecular formula is C15H14Br2O2. The maximum Gasteiger partial charge on any atom is 0.125 e. The summed E-state index contributed by atoms with van der Waals surface area (Å²) in [7, 11) is 0. The smallest absolute Gasteiger partial charge is 0.125 e. The van der Waals surface area contributed by atoms with Gasteiger partial charge in [-0.2, -0.15) is 0 Å². The lowest BCUT2D eigenvalue weighted by Gasteiger charge is -2.14. The van der Waals surface area contributed by atoms with E-state index in [1.54, 1.807) is 6.92 Å². The normalized spacial score (nSPS) is 12.2. The summed E-state index contributed by atoms with van der Waals surface area (Å²) >= 11 is 6.83. The average molecular weight is 386 g/mol. The van der Waals surface area contributed by atoms with Crippen molar-refractivity contribution in [3.05, 3.63) is 62.5 Å². The van der Waals surface area contributed by atoms with Crippen LogP contribution in [0.4, 0.5) is 0 Å². The number of ether oxygens (including phenoxy) is 1. The van der Waals surface area contributed by atoms with Gasteiger partial charge >= 0.3 is 0 Å². The van der Waals surface area contributed by atoms with Gasteiger partial charge in [-0.3, -0.25) is 0 Å². The van der Waals surface area contributed by atoms with E-state index in [4.69, 9.17) is 4.74 Å². The highest BCUT2D eigenvalue weighted by molar-refractivity contribution is 9.10. The second kappa shape index (κ2) is 6.55. The summed E-state index contributed by atoms with van der Waals surface area (Å²) in [6.07, 6.45) is -0.560. The molecule has 0 spiro atoms. The van der Waals surface area contributed by atoms with Gasteiger partial charge in [-0.1, -0.05) is 44.0 Å². The Morgan fingerprint density at radius 3 is 2.53 bits per heavy atom. The number of benzene rings is 2. The first-order valence-corrected chi connectivity index (χ1v) is 7.49. The molecule has 1 atom stereocenters. The third-order valence-corrected chi connectivity index (χ3v) is 3.69. The Balaban J connectivity index is 2.15. The van der Waals surface area contributed by atoms with E-state index in [9.17, 15) is 5.11 Å². The molecule has 2 rings (SSSR count). The van der Waals surface area contributed by atoms with Crippen LogP contribution in [0.25, 0.3) is 0 Å². The molecule has 0 aliphatic carbocycles. The number of aliphatic hydroxyl groups excluding tert-OH is 1. The van der Waals surface area contributed by atoms with Gasteiger partial charge in [0.05, 0.1) is 6.10 Å². The van der Waals surface area contributed by atoms with Crippen LogP contribution in [0.15, 0.2) is 51.4 Å². The highest BCUT2D eigenvalue weighted by Crippen LogP contribution is 2.29. The van der Waals surface area contributed by atoms with Crippen molar-refractivity contribution in [1.82, 2.24) is 0 Å². The molecule has 19 heavy (non-hydrogen) atoms. The lowest BCUT2D eigenvalue weighted by molar-refractivity contribution is 0.190. The number of hydrogen-bond donors (Lipinski definition) is 1. The fourth-order valence-corrected chi connectivity index (χ4v) is 2.59. The van der Waals surface area contributed by atoms with E-state index in [0.29, 0.717) is 12.4 Å². The van der Waals surface area contributed by atoms with E-state index in [0.717, 1.165) is 20.1 Å². The molecule has 0 aliphatic heterocycles. The molecule has 2 nitrogen and oxygen atoms in total. The van der Waals surface area contributed by atoms with E-state index in [1.807, 2.05) is 42.5 Å². The van der Waals surface area contributed by atoms with E-state index in [-0.39, 0.29) is 0 Å². The standard InChI is InChI=1S/C15H14Br2O2/c1-10(18)14-8-13(17)5-6-15(14)19-9-11-3-2-4-12(16)7-11/h2-8,10,18H,9H2,1H3/t10-/m1/s1. The van der Waals surface area contributed by atoms with Gasteiger partial charge in [0.25, 0.3) is 0 Å². The first-order chi connectivity index (χ1) is 9.06. The van der Waals surface area contributed by atoms with Crippen molar-refractivity contribution >= 4 is 31.9 Å². The van der Waals surface area contributed by atoms with Crippen LogP contribution in [-0.4, -0.2) is 5.11 Å². The summed E-state index contributed by atoms with van der Waals surface area (Å²) in [6, 6.07) is 13.6. The summed E-state index contributed by atoms with van der Waals surface area (Å²) < 4.78 is 7.75. The van der Waals surface area contributed by atoms with Crippen molar-refractivity contribution in [3.63, 3.8) is 0 Å². The van der Waals surface area contributed by atoms with Crippen LogP contribution < -0.4 is 4.74 Å². The summed E-state index contributed by atoms with van der Waals surface area (Å²) in [4.78, 5) is 0. The molecule has 0 saturated carbocycles. The lowest BCUT2D eigenvalue weighted by atomic mass is 10.1. The first kappa shape index (κ1) is 14.6. The predicted molar refractivity (Wildman–Crippen MR) is 83.2 cm³/mol. The van der Waals surface area contributed by atoms with E-state index in [2.05, 4.69) is 31.9 Å². The fourth-order valence-electron chi connectivity index (χ4n) is 1.77. The molecule has 0 aromatic heterocycles. The summed E-state index contributed by atoms with van der Waals surface area (Å²) in [5.41, 5.74) is 1.86. The van der Waals surface area contributed by atoms with Crippen molar-refractivity contribution in [1.29, 1.82) is 0 Å². The zero-order valence-electron chi connectivity index (χ0n) is 10.4. The van der Waals surface area contributed by atoms with Gasteiger partial charge in [0.15, 0.2) is 0 Å². The fraction of sp³-hybridized carbons (Fsp3) is 0.200. The Kier molecular flexibility index (Phi) is 5.02. The third kappa shape index (κ3) is 4.06. The van der Waals surface area contributed by atoms with Crippen LogP contribution in [0.2, 0.25) is 0 Å². The van der Waals surface area contributed by atoms with Gasteiger partial charge in [-0.15, -0.1) is 0 Å². The molecular weight excluding hydrogens is 372 g/mol. The van der Waals surface area contributed by atoms with Crippen LogP contribution in [0.5, 0.6) is 5.75 Å². The minimum absolute atomic E-state index is 0.473. The summed E-state index contributed by atoms with van der Waals surface area (Å²) in [5, 5.41) is 9.76. The van der Waals surface area contributed by atoms with Crippen LogP contribution in [0.3, 0.4) is 0 Å². The van der Waals surface area contributed by atoms with Gasteiger partial charge < -0.3 is 9.84 Å². The molecule has 4 heteroatoms. The first-order valence-electron chi connectivity index (χ1n) is 5.91. The van der Waals surface area contributed by atoms with Gasteiger partial charge in [-0.05, 0) is 42.8 Å². The SMILES string of the molecule is C[C@@H](O)c1cc(Br)ccc1OCc1cccc(Br)c1. The van der Waals surface area contributed by atoms with Crippen LogP contribution in [-0.2, 0) is 6.61 Å². The second-order valence-electron chi connectivity index (χ2n) is 4.28. The summed E-state index contributed by atoms with van der Waals surface area (Å²) in [6.45, 7) is 2.20. The largest absolute Gasteiger partial charge is 0.489 e. The Bertz CT molecular complexity index is 568. The Morgan fingerprint density at radius 2 is 1.84 bits per heavy atom. The molecule has 2 aromatic rings. The van der Waals surface area contributed by atoms with Crippen molar-refractivity contribution in [2.24, 2.45) is 0 Å². The van der Waals surface area contributed by atoms with E-state index >= 15 is 0 Å². The zero-order valence-corrected chi connectivity index (χ0v) is 13.6. The van der Waals surface area contributed by atoms with Crippen molar-refractivity contribution in [2.75, 3.05) is 0 Å². The molecule has 0 unspecified atom stereocenters. The maximum absolute atomic E-state index is 9.76. The van der Waals surface area contributed by atoms with Crippen molar-refractivity contribution in [3.8, 4) is 5.75 Å². The molecule has 0 radical (unpaired) electrons. The van der Waals surface area contributed by atoms with Gasteiger partial charge in [-0.25, -0.2) is 0 Å². The molecule has 1 N–H and O–H groups in total. The highest BCUT2D eigenvalue weighted by Gasteiger charge is 2.10. The lowest BCUT2D eigenvalue weighted by Crippen LogP contribution is -2.01. The Labute approximate surface area is 129 Å². The molecule has 0 heterocycles. The molecule has 0 aliphatic rings. The van der Waals surface area contributed by atoms with Crippen molar-refractivity contribution < 1.29 is 9.84 Å². The average Bonchev–Trinajstić information content (AvgIpc) is 2.37. The quantitative estimate of drug-likeness (QED) is 0.815. The molecule has 0 amide bonds.